The van der Waals surface area contributed by atoms with Gasteiger partial charge in [0, 0.05) is 57.4 Å². The number of aromatic nitrogens is 2. The topological polar surface area (TPSA) is 64.4 Å². The van der Waals surface area contributed by atoms with Crippen molar-refractivity contribution in [1.29, 1.82) is 0 Å². The van der Waals surface area contributed by atoms with Crippen LogP contribution in [0.1, 0.15) is 60.3 Å². The molecular weight excluding hydrogens is 471 g/mol. The Morgan fingerprint density at radius 2 is 1.92 bits per heavy atom. The first-order chi connectivity index (χ1) is 17.2. The Balaban J connectivity index is 1.23. The molecule has 2 aliphatic rings. The fourth-order valence-corrected chi connectivity index (χ4v) is 5.28. The van der Waals surface area contributed by atoms with Gasteiger partial charge in [-0.3, -0.25) is 9.59 Å². The molecule has 4 rings (SSSR count). The highest BCUT2D eigenvalue weighted by molar-refractivity contribution is 5.94. The number of Topliss-reactive ketones (excluding diaryl/α,β-unsaturated/α-hetero) is 1. The van der Waals surface area contributed by atoms with Gasteiger partial charge in [0.2, 0.25) is 5.88 Å². The van der Waals surface area contributed by atoms with E-state index < -0.39 is 18.7 Å². The summed E-state index contributed by atoms with van der Waals surface area (Å²) in [6, 6.07) is 8.21. The third kappa shape index (κ3) is 6.75. The maximum atomic E-state index is 15.6. The van der Waals surface area contributed by atoms with Crippen LogP contribution >= 0.6 is 0 Å². The minimum atomic E-state index is -2.54. The minimum Gasteiger partial charge on any atom is -0.472 e. The molecule has 0 N–H and O–H groups in total. The average molecular weight is 506 g/mol. The summed E-state index contributed by atoms with van der Waals surface area (Å²) >= 11 is 0. The Hall–Kier alpha value is -2.68. The van der Waals surface area contributed by atoms with Crippen molar-refractivity contribution in [3.8, 4) is 5.88 Å². The molecule has 0 unspecified atom stereocenters. The Morgan fingerprint density at radius 1 is 1.17 bits per heavy atom. The van der Waals surface area contributed by atoms with Gasteiger partial charge in [-0.25, -0.2) is 18.2 Å². The van der Waals surface area contributed by atoms with Gasteiger partial charge in [0.25, 0.3) is 12.0 Å². The number of ether oxygens (including phenoxy) is 1. The number of rotatable bonds is 9. The molecule has 0 amide bonds. The number of halogens is 3. The molecule has 6 nitrogen and oxygen atoms in total. The number of pyridine rings is 2. The first-order valence-electron chi connectivity index (χ1n) is 12.7. The number of hydrogen-bond acceptors (Lipinski definition) is 5. The number of alkyl halides is 3. The molecule has 9 heteroatoms. The lowest BCUT2D eigenvalue weighted by atomic mass is 9.76. The zero-order chi connectivity index (χ0) is 25.7. The molecule has 196 valence electrons. The molecule has 0 aromatic carbocycles. The molecule has 0 bridgehead atoms. The Morgan fingerprint density at radius 3 is 2.67 bits per heavy atom. The van der Waals surface area contributed by atoms with Gasteiger partial charge in [0.05, 0.1) is 5.69 Å². The van der Waals surface area contributed by atoms with Crippen LogP contribution in [0.5, 0.6) is 5.88 Å². The standard InChI is InChI=1S/C27H34F3N3O3/c1-32-22(3-2-4-26(32)35)23(34)17-19-7-11-27(30,12-8-19)13-16-33-14-9-20-5-6-25(36-18-24(28)29)31-21(20)10-15-33/h2-6,19,24H,7-18H2,1H3. The van der Waals surface area contributed by atoms with Crippen LogP contribution in [0, 0.1) is 5.92 Å². The fraction of sp³-hybridized carbons (Fsp3) is 0.593. The quantitative estimate of drug-likeness (QED) is 0.473. The molecule has 36 heavy (non-hydrogen) atoms. The second-order valence-electron chi connectivity index (χ2n) is 10.1. The van der Waals surface area contributed by atoms with E-state index in [1.807, 2.05) is 6.07 Å². The summed E-state index contributed by atoms with van der Waals surface area (Å²) in [5.41, 5.74) is 0.912. The van der Waals surface area contributed by atoms with Gasteiger partial charge in [-0.1, -0.05) is 12.1 Å². The minimum absolute atomic E-state index is 0.0629. The highest BCUT2D eigenvalue weighted by Gasteiger charge is 2.36. The largest absolute Gasteiger partial charge is 0.472 e. The maximum Gasteiger partial charge on any atom is 0.272 e. The monoisotopic (exact) mass is 505 g/mol. The summed E-state index contributed by atoms with van der Waals surface area (Å²) in [4.78, 5) is 31.1. The first-order valence-corrected chi connectivity index (χ1v) is 12.7. The van der Waals surface area contributed by atoms with Crippen LogP contribution in [0.25, 0.3) is 0 Å². The number of carbonyl (C=O) groups is 1. The average Bonchev–Trinajstić information content (AvgIpc) is 3.06. The molecule has 1 aliphatic carbocycles. The van der Waals surface area contributed by atoms with Gasteiger partial charge in [-0.15, -0.1) is 0 Å². The van der Waals surface area contributed by atoms with E-state index in [0.717, 1.165) is 30.8 Å². The van der Waals surface area contributed by atoms with Crippen LogP contribution in [-0.2, 0) is 19.9 Å². The third-order valence-corrected chi connectivity index (χ3v) is 7.58. The molecule has 2 aromatic heterocycles. The predicted octanol–water partition coefficient (Wildman–Crippen LogP) is 4.39. The van der Waals surface area contributed by atoms with Crippen LogP contribution in [0.4, 0.5) is 13.2 Å². The van der Waals surface area contributed by atoms with Gasteiger partial charge < -0.3 is 14.2 Å². The van der Waals surface area contributed by atoms with Crippen molar-refractivity contribution < 1.29 is 22.7 Å². The van der Waals surface area contributed by atoms with E-state index >= 15 is 4.39 Å². The lowest BCUT2D eigenvalue weighted by molar-refractivity contribution is 0.0571. The van der Waals surface area contributed by atoms with E-state index in [4.69, 9.17) is 4.74 Å². The van der Waals surface area contributed by atoms with Crippen LogP contribution < -0.4 is 10.3 Å². The van der Waals surface area contributed by atoms with Crippen molar-refractivity contribution in [2.45, 2.75) is 63.5 Å². The van der Waals surface area contributed by atoms with Gasteiger partial charge in [0.15, 0.2) is 12.4 Å². The van der Waals surface area contributed by atoms with E-state index in [9.17, 15) is 18.4 Å². The van der Waals surface area contributed by atoms with Gasteiger partial charge in [0.1, 0.15) is 5.67 Å². The summed E-state index contributed by atoms with van der Waals surface area (Å²) in [5, 5.41) is 0. The zero-order valence-electron chi connectivity index (χ0n) is 20.7. The molecule has 0 saturated heterocycles. The number of nitrogens with zero attached hydrogens (tertiary/aromatic N) is 3. The molecule has 2 aromatic rings. The summed E-state index contributed by atoms with van der Waals surface area (Å²) in [6.45, 7) is 1.52. The van der Waals surface area contributed by atoms with Gasteiger partial charge >= 0.3 is 0 Å². The Bertz CT molecular complexity index is 1110. The van der Waals surface area contributed by atoms with E-state index in [1.54, 1.807) is 25.2 Å². The van der Waals surface area contributed by atoms with Crippen molar-refractivity contribution in [3.63, 3.8) is 0 Å². The van der Waals surface area contributed by atoms with Crippen LogP contribution in [0.2, 0.25) is 0 Å². The summed E-state index contributed by atoms with van der Waals surface area (Å²) < 4.78 is 46.8. The lowest BCUT2D eigenvalue weighted by Crippen LogP contribution is -2.36. The van der Waals surface area contributed by atoms with Crippen molar-refractivity contribution in [2.24, 2.45) is 13.0 Å². The van der Waals surface area contributed by atoms with Crippen molar-refractivity contribution in [2.75, 3.05) is 26.2 Å². The smallest absolute Gasteiger partial charge is 0.272 e. The molecule has 0 atom stereocenters. The van der Waals surface area contributed by atoms with Crippen LogP contribution in [-0.4, -0.2) is 58.6 Å². The highest BCUT2D eigenvalue weighted by Crippen LogP contribution is 2.39. The van der Waals surface area contributed by atoms with Gasteiger partial charge in [-0.2, -0.15) is 0 Å². The number of hydrogen-bond donors (Lipinski definition) is 0. The van der Waals surface area contributed by atoms with Crippen LogP contribution in [0.15, 0.2) is 35.1 Å². The second kappa shape index (κ2) is 11.6. The summed E-state index contributed by atoms with van der Waals surface area (Å²) in [5.74, 6) is 0.291. The van der Waals surface area contributed by atoms with Crippen molar-refractivity contribution in [3.05, 3.63) is 57.6 Å². The first kappa shape index (κ1) is 26.4. The summed E-state index contributed by atoms with van der Waals surface area (Å²) in [7, 11) is 1.60. The zero-order valence-corrected chi connectivity index (χ0v) is 20.7. The van der Waals surface area contributed by atoms with E-state index in [0.29, 0.717) is 57.2 Å². The SMILES string of the molecule is Cn1c(C(=O)CC2CCC(F)(CCN3CCc4ccc(OCC(F)F)nc4CC3)CC2)cccc1=O. The fourth-order valence-electron chi connectivity index (χ4n) is 5.28. The van der Waals surface area contributed by atoms with E-state index in [-0.39, 0.29) is 23.1 Å². The number of ketones is 1. The molecule has 1 aliphatic heterocycles. The highest BCUT2D eigenvalue weighted by atomic mass is 19.3. The lowest BCUT2D eigenvalue weighted by Gasteiger charge is -2.35. The Kier molecular flexibility index (Phi) is 8.49. The molecule has 1 saturated carbocycles. The van der Waals surface area contributed by atoms with Crippen molar-refractivity contribution >= 4 is 5.78 Å². The molecular formula is C27H34F3N3O3. The maximum absolute atomic E-state index is 15.6. The molecule has 0 radical (unpaired) electrons. The van der Waals surface area contributed by atoms with E-state index in [2.05, 4.69) is 9.88 Å². The summed E-state index contributed by atoms with van der Waals surface area (Å²) in [6.07, 6.45) is 1.93. The number of fused-ring (bicyclic) bond motifs is 1. The predicted molar refractivity (Wildman–Crippen MR) is 131 cm³/mol. The normalized spacial score (nSPS) is 22.8. The van der Waals surface area contributed by atoms with E-state index in [1.165, 1.54) is 10.6 Å². The second-order valence-corrected chi connectivity index (χ2v) is 10.1. The van der Waals surface area contributed by atoms with Crippen molar-refractivity contribution in [1.82, 2.24) is 14.5 Å². The molecule has 1 fully saturated rings. The van der Waals surface area contributed by atoms with Crippen LogP contribution in [0.3, 0.4) is 0 Å². The van der Waals surface area contributed by atoms with Gasteiger partial charge in [-0.05, 0) is 56.1 Å². The molecule has 3 heterocycles. The number of carbonyl (C=O) groups excluding carboxylic acids is 1. The third-order valence-electron chi connectivity index (χ3n) is 7.58. The molecule has 0 spiro atoms. The Labute approximate surface area is 209 Å².